The van der Waals surface area contributed by atoms with Crippen LogP contribution in [0, 0.1) is 5.82 Å². The molecule has 1 aromatic heterocycles. The number of rotatable bonds is 4. The monoisotopic (exact) mass is 339 g/mol. The Bertz CT molecular complexity index is 895. The van der Waals surface area contributed by atoms with Gasteiger partial charge in [0.25, 0.3) is 0 Å². The zero-order valence-corrected chi connectivity index (χ0v) is 13.3. The highest BCUT2D eigenvalue weighted by molar-refractivity contribution is 7.80. The first-order valence-electron chi connectivity index (χ1n) is 7.14. The molecule has 0 aliphatic heterocycles. The number of imidazole rings is 1. The van der Waals surface area contributed by atoms with E-state index in [-0.39, 0.29) is 10.9 Å². The van der Waals surface area contributed by atoms with Gasteiger partial charge in [-0.3, -0.25) is 5.43 Å². The first-order chi connectivity index (χ1) is 11.6. The smallest absolute Gasteiger partial charge is 0.184 e. The highest BCUT2D eigenvalue weighted by Crippen LogP contribution is 2.12. The number of nitrogens with one attached hydrogen (secondary N) is 2. The summed E-state index contributed by atoms with van der Waals surface area (Å²) in [4.78, 5) is 7.68. The predicted octanol–water partition coefficient (Wildman–Crippen LogP) is 2.95. The second kappa shape index (κ2) is 7.01. The number of halogens is 1. The van der Waals surface area contributed by atoms with Crippen LogP contribution in [0.3, 0.4) is 0 Å². The van der Waals surface area contributed by atoms with E-state index < -0.39 is 0 Å². The van der Waals surface area contributed by atoms with E-state index >= 15 is 0 Å². The number of nitrogens with zero attached hydrogens (tertiary/aromatic N) is 2. The number of benzene rings is 2. The van der Waals surface area contributed by atoms with E-state index in [0.29, 0.717) is 11.5 Å². The van der Waals surface area contributed by atoms with E-state index in [2.05, 4.69) is 20.5 Å². The van der Waals surface area contributed by atoms with Crippen molar-refractivity contribution >= 4 is 40.2 Å². The number of para-hydroxylation sites is 2. The Morgan fingerprint density at radius 3 is 2.67 bits per heavy atom. The SMILES string of the molecule is NC(=S)N/N=C(/C=C/c1ccc(F)cc1)c1nc2ccccc2[nH]1. The second-order valence-electron chi connectivity index (χ2n) is 4.96. The lowest BCUT2D eigenvalue weighted by atomic mass is 10.2. The van der Waals surface area contributed by atoms with Gasteiger partial charge in [0, 0.05) is 0 Å². The molecule has 0 saturated carbocycles. The van der Waals surface area contributed by atoms with Gasteiger partial charge in [0.15, 0.2) is 10.9 Å². The molecule has 1 heterocycles. The van der Waals surface area contributed by atoms with Crippen LogP contribution in [0.2, 0.25) is 0 Å². The zero-order chi connectivity index (χ0) is 16.9. The molecule has 0 radical (unpaired) electrons. The molecule has 0 atom stereocenters. The van der Waals surface area contributed by atoms with Crippen LogP contribution < -0.4 is 11.2 Å². The summed E-state index contributed by atoms with van der Waals surface area (Å²) >= 11 is 4.78. The van der Waals surface area contributed by atoms with Gasteiger partial charge in [-0.2, -0.15) is 5.10 Å². The summed E-state index contributed by atoms with van der Waals surface area (Å²) in [6.45, 7) is 0. The molecule has 0 spiro atoms. The Morgan fingerprint density at radius 1 is 1.21 bits per heavy atom. The molecular formula is C17H14FN5S. The summed E-state index contributed by atoms with van der Waals surface area (Å²) in [5.41, 5.74) is 11.1. The van der Waals surface area contributed by atoms with Crippen molar-refractivity contribution in [3.63, 3.8) is 0 Å². The molecule has 3 aromatic rings. The molecule has 0 bridgehead atoms. The van der Waals surface area contributed by atoms with Crippen molar-refractivity contribution in [3.05, 3.63) is 71.8 Å². The quantitative estimate of drug-likeness (QED) is 0.388. The minimum absolute atomic E-state index is 0.0544. The van der Waals surface area contributed by atoms with Gasteiger partial charge in [-0.25, -0.2) is 9.37 Å². The summed E-state index contributed by atoms with van der Waals surface area (Å²) < 4.78 is 13.0. The van der Waals surface area contributed by atoms with Crippen LogP contribution in [-0.2, 0) is 0 Å². The largest absolute Gasteiger partial charge is 0.375 e. The average Bonchev–Trinajstić information content (AvgIpc) is 3.00. The maximum absolute atomic E-state index is 13.0. The maximum Gasteiger partial charge on any atom is 0.184 e. The van der Waals surface area contributed by atoms with Crippen LogP contribution in [0.25, 0.3) is 17.1 Å². The van der Waals surface area contributed by atoms with E-state index in [4.69, 9.17) is 18.0 Å². The summed E-state index contributed by atoms with van der Waals surface area (Å²) in [5.74, 6) is 0.284. The van der Waals surface area contributed by atoms with E-state index in [1.165, 1.54) is 12.1 Å². The molecule has 0 saturated heterocycles. The van der Waals surface area contributed by atoms with Gasteiger partial charge in [-0.15, -0.1) is 0 Å². The van der Waals surface area contributed by atoms with Crippen LogP contribution in [-0.4, -0.2) is 20.8 Å². The lowest BCUT2D eigenvalue weighted by Gasteiger charge is -2.00. The van der Waals surface area contributed by atoms with Gasteiger partial charge in [-0.05, 0) is 48.1 Å². The molecule has 24 heavy (non-hydrogen) atoms. The number of H-pyrrole nitrogens is 1. The molecule has 5 nitrogen and oxygen atoms in total. The number of hydrogen-bond acceptors (Lipinski definition) is 3. The van der Waals surface area contributed by atoms with Crippen LogP contribution in [0.4, 0.5) is 4.39 Å². The van der Waals surface area contributed by atoms with Gasteiger partial charge < -0.3 is 10.7 Å². The third-order valence-corrected chi connectivity index (χ3v) is 3.31. The van der Waals surface area contributed by atoms with E-state index in [1.54, 1.807) is 24.3 Å². The number of thiocarbonyl (C=S) groups is 1. The normalized spacial score (nSPS) is 12.0. The molecule has 3 rings (SSSR count). The van der Waals surface area contributed by atoms with Gasteiger partial charge >= 0.3 is 0 Å². The van der Waals surface area contributed by atoms with Crippen LogP contribution in [0.5, 0.6) is 0 Å². The molecule has 0 amide bonds. The number of hydrogen-bond donors (Lipinski definition) is 3. The Balaban J connectivity index is 1.95. The molecule has 120 valence electrons. The van der Waals surface area contributed by atoms with Gasteiger partial charge in [0.1, 0.15) is 11.5 Å². The first-order valence-corrected chi connectivity index (χ1v) is 7.54. The Hall–Kier alpha value is -3.06. The van der Waals surface area contributed by atoms with Crippen molar-refractivity contribution < 1.29 is 4.39 Å². The Kier molecular flexibility index (Phi) is 4.62. The van der Waals surface area contributed by atoms with E-state index in [9.17, 15) is 4.39 Å². The molecule has 0 aliphatic carbocycles. The lowest BCUT2D eigenvalue weighted by molar-refractivity contribution is 0.628. The fourth-order valence-corrected chi connectivity index (χ4v) is 2.15. The van der Waals surface area contributed by atoms with Gasteiger partial charge in [-0.1, -0.05) is 30.3 Å². The minimum atomic E-state index is -0.284. The maximum atomic E-state index is 13.0. The highest BCUT2D eigenvalue weighted by atomic mass is 32.1. The Labute approximate surface area is 143 Å². The third-order valence-electron chi connectivity index (χ3n) is 3.22. The number of aromatic amines is 1. The average molecular weight is 339 g/mol. The number of aromatic nitrogens is 2. The first kappa shape index (κ1) is 15.8. The number of fused-ring (bicyclic) bond motifs is 1. The fraction of sp³-hybridized carbons (Fsp3) is 0. The van der Waals surface area contributed by atoms with E-state index in [0.717, 1.165) is 16.6 Å². The molecule has 7 heteroatoms. The highest BCUT2D eigenvalue weighted by Gasteiger charge is 2.07. The second-order valence-corrected chi connectivity index (χ2v) is 5.40. The topological polar surface area (TPSA) is 79.1 Å². The molecule has 2 aromatic carbocycles. The fourth-order valence-electron chi connectivity index (χ4n) is 2.11. The van der Waals surface area contributed by atoms with Crippen molar-refractivity contribution in [3.8, 4) is 0 Å². The van der Waals surface area contributed by atoms with Crippen molar-refractivity contribution in [2.45, 2.75) is 0 Å². The van der Waals surface area contributed by atoms with Gasteiger partial charge in [0.05, 0.1) is 11.0 Å². The molecule has 4 N–H and O–H groups in total. The molecule has 0 fully saturated rings. The van der Waals surface area contributed by atoms with Crippen molar-refractivity contribution in [1.29, 1.82) is 0 Å². The summed E-state index contributed by atoms with van der Waals surface area (Å²) in [7, 11) is 0. The standard InChI is InChI=1S/C17H14FN5S/c18-12-8-5-11(6-9-12)7-10-15(22-23-17(19)24)16-20-13-3-1-2-4-14(13)21-16/h1-10H,(H,20,21)(H3,19,23,24)/b10-7+,22-15-. The molecule has 0 unspecified atom stereocenters. The van der Waals surface area contributed by atoms with Gasteiger partial charge in [0.2, 0.25) is 0 Å². The van der Waals surface area contributed by atoms with E-state index in [1.807, 2.05) is 24.3 Å². The number of nitrogens with two attached hydrogens (primary N) is 1. The number of hydrazone groups is 1. The van der Waals surface area contributed by atoms with Crippen molar-refractivity contribution in [1.82, 2.24) is 15.4 Å². The zero-order valence-electron chi connectivity index (χ0n) is 12.5. The van der Waals surface area contributed by atoms with Crippen LogP contribution in [0.1, 0.15) is 11.4 Å². The summed E-state index contributed by atoms with van der Waals surface area (Å²) in [6, 6.07) is 13.8. The van der Waals surface area contributed by atoms with Crippen molar-refractivity contribution in [2.24, 2.45) is 10.8 Å². The predicted molar refractivity (Wildman–Crippen MR) is 98.0 cm³/mol. The van der Waals surface area contributed by atoms with Crippen molar-refractivity contribution in [2.75, 3.05) is 0 Å². The molecule has 0 aliphatic rings. The third kappa shape index (κ3) is 3.82. The summed E-state index contributed by atoms with van der Waals surface area (Å²) in [6.07, 6.45) is 3.54. The Morgan fingerprint density at radius 2 is 1.96 bits per heavy atom. The minimum Gasteiger partial charge on any atom is -0.375 e. The lowest BCUT2D eigenvalue weighted by Crippen LogP contribution is -2.25. The molecular weight excluding hydrogens is 325 g/mol. The number of allylic oxidation sites excluding steroid dienone is 1. The van der Waals surface area contributed by atoms with Crippen LogP contribution in [0.15, 0.2) is 59.7 Å². The summed E-state index contributed by atoms with van der Waals surface area (Å²) in [5, 5.41) is 4.22. The van der Waals surface area contributed by atoms with Crippen LogP contribution >= 0.6 is 12.2 Å².